The van der Waals surface area contributed by atoms with Crippen molar-refractivity contribution in [3.05, 3.63) is 95.0 Å². The van der Waals surface area contributed by atoms with Crippen molar-refractivity contribution in [3.8, 4) is 5.75 Å². The minimum Gasteiger partial charge on any atom is -0.497 e. The number of ether oxygens (including phenoxy) is 1. The molecule has 0 aliphatic carbocycles. The van der Waals surface area contributed by atoms with Gasteiger partial charge in [-0.15, -0.1) is 4.47 Å². The molecule has 0 bridgehead atoms. The molecule has 0 unspecified atom stereocenters. The molecule has 0 atom stereocenters. The molecule has 3 aromatic rings. The molecule has 0 radical (unpaired) electrons. The van der Waals surface area contributed by atoms with Gasteiger partial charge in [-0.25, -0.2) is 4.57 Å². The fourth-order valence-electron chi connectivity index (χ4n) is 3.28. The Morgan fingerprint density at radius 1 is 1.00 bits per heavy atom. The second kappa shape index (κ2) is 12.0. The number of para-hydroxylation sites is 1. The second-order valence-electron chi connectivity index (χ2n) is 7.76. The first kappa shape index (κ1) is 27.9. The van der Waals surface area contributed by atoms with Crippen LogP contribution in [0.15, 0.2) is 83.8 Å². The third-order valence-corrected chi connectivity index (χ3v) is 7.30. The largest absolute Gasteiger partial charge is 0.497 e. The normalized spacial score (nSPS) is 12.3. The van der Waals surface area contributed by atoms with Crippen molar-refractivity contribution in [1.82, 2.24) is 4.90 Å². The predicted octanol–water partition coefficient (Wildman–Crippen LogP) is 4.71. The van der Waals surface area contributed by atoms with Crippen LogP contribution in [0.1, 0.15) is 11.1 Å². The Morgan fingerprint density at radius 3 is 2.25 bits per heavy atom. The van der Waals surface area contributed by atoms with E-state index >= 15 is 0 Å². The van der Waals surface area contributed by atoms with Crippen LogP contribution in [0.2, 0.25) is 5.02 Å². The average molecular weight is 553 g/mol. The van der Waals surface area contributed by atoms with Gasteiger partial charge < -0.3 is 14.5 Å². The van der Waals surface area contributed by atoms with Crippen LogP contribution in [0.25, 0.3) is 6.08 Å². The van der Waals surface area contributed by atoms with Gasteiger partial charge in [0.2, 0.25) is 0 Å². The van der Waals surface area contributed by atoms with E-state index in [1.54, 1.807) is 30.3 Å². The Labute approximate surface area is 215 Å². The van der Waals surface area contributed by atoms with Gasteiger partial charge in [0, 0.05) is 18.1 Å². The van der Waals surface area contributed by atoms with E-state index in [4.69, 9.17) is 21.0 Å². The molecule has 0 spiro atoms. The first-order chi connectivity index (χ1) is 17.0. The predicted molar refractivity (Wildman–Crippen MR) is 139 cm³/mol. The number of methoxy groups -OCH3 is 1. The van der Waals surface area contributed by atoms with Crippen molar-refractivity contribution in [2.75, 3.05) is 25.2 Å². The zero-order valence-corrected chi connectivity index (χ0v) is 22.0. The molecule has 0 saturated heterocycles. The van der Waals surface area contributed by atoms with Crippen LogP contribution in [0, 0.1) is 0 Å². The average Bonchev–Trinajstić information content (AvgIpc) is 2.84. The van der Waals surface area contributed by atoms with E-state index in [1.807, 2.05) is 36.2 Å². The topological polar surface area (TPSA) is 117 Å². The van der Waals surface area contributed by atoms with Gasteiger partial charge in [0.1, 0.15) is 5.75 Å². The first-order valence-corrected chi connectivity index (χ1v) is 14.0. The van der Waals surface area contributed by atoms with E-state index < -0.39 is 17.8 Å². The lowest BCUT2D eigenvalue weighted by Gasteiger charge is -2.26. The summed E-state index contributed by atoms with van der Waals surface area (Å²) in [7, 11) is -6.48. The highest BCUT2D eigenvalue weighted by molar-refractivity contribution is 7.92. The van der Waals surface area contributed by atoms with Crippen molar-refractivity contribution in [3.63, 3.8) is 0 Å². The van der Waals surface area contributed by atoms with E-state index in [1.165, 1.54) is 37.4 Å². The molecule has 2 N–H and O–H groups in total. The smallest absolute Gasteiger partial charge is 0.492 e. The number of anilines is 1. The number of likely N-dealkylation sites (N-methyl/N-ethyl adjacent to an activating group) is 1. The molecule has 3 rings (SSSR count). The molecule has 3 aromatic carbocycles. The molecule has 9 nitrogen and oxygen atoms in total. The summed E-state index contributed by atoms with van der Waals surface area (Å²) in [5.41, 5.74) is 1.43. The molecule has 36 heavy (non-hydrogen) atoms. The van der Waals surface area contributed by atoms with Gasteiger partial charge in [-0.05, 0) is 60.6 Å². The van der Waals surface area contributed by atoms with Gasteiger partial charge in [-0.1, -0.05) is 54.1 Å². The van der Waals surface area contributed by atoms with Crippen LogP contribution >= 0.6 is 19.4 Å². The van der Waals surface area contributed by atoms with Crippen molar-refractivity contribution in [2.24, 2.45) is 0 Å². The number of rotatable bonds is 11. The van der Waals surface area contributed by atoms with Crippen LogP contribution in [0.4, 0.5) is 5.69 Å². The van der Waals surface area contributed by atoms with Gasteiger partial charge in [-0.3, -0.25) is 4.90 Å². The van der Waals surface area contributed by atoms with E-state index in [9.17, 15) is 22.8 Å². The van der Waals surface area contributed by atoms with Crippen LogP contribution < -0.4 is 9.21 Å². The molecule has 0 aliphatic rings. The summed E-state index contributed by atoms with van der Waals surface area (Å²) in [5.74, 6) is 0.421. The van der Waals surface area contributed by atoms with E-state index in [0.29, 0.717) is 22.9 Å². The van der Waals surface area contributed by atoms with E-state index in [2.05, 4.69) is 0 Å². The van der Waals surface area contributed by atoms with E-state index in [0.717, 1.165) is 5.56 Å². The van der Waals surface area contributed by atoms with E-state index in [-0.39, 0.29) is 21.6 Å². The highest BCUT2D eigenvalue weighted by atomic mass is 35.5. The Morgan fingerprint density at radius 2 is 1.64 bits per heavy atom. The first-order valence-electron chi connectivity index (χ1n) is 10.6. The van der Waals surface area contributed by atoms with Crippen molar-refractivity contribution < 1.29 is 32.1 Å². The van der Waals surface area contributed by atoms with Crippen LogP contribution in [-0.4, -0.2) is 43.8 Å². The molecular formula is C24H26ClN2O7PS. The molecule has 0 saturated carbocycles. The summed E-state index contributed by atoms with van der Waals surface area (Å²) in [6.07, 6.45) is 3.86. The number of phosphoric acid groups is 1. The van der Waals surface area contributed by atoms with Crippen molar-refractivity contribution in [2.45, 2.75) is 11.4 Å². The highest BCUT2D eigenvalue weighted by Crippen LogP contribution is 2.42. The number of nitrogens with zero attached hydrogens (tertiary/aromatic N) is 2. The lowest BCUT2D eigenvalue weighted by Crippen LogP contribution is -2.32. The zero-order chi connectivity index (χ0) is 26.3. The summed E-state index contributed by atoms with van der Waals surface area (Å²) in [6.45, 7) is 0.780. The monoisotopic (exact) mass is 552 g/mol. The van der Waals surface area contributed by atoms with Crippen LogP contribution in [0.5, 0.6) is 5.75 Å². The second-order valence-corrected chi connectivity index (χ2v) is 11.1. The number of hydrogen-bond acceptors (Lipinski definition) is 6. The maximum Gasteiger partial charge on any atom is 0.492 e. The maximum atomic E-state index is 13.4. The SMILES string of the molecule is COc1ccc(S(=O)(=O)N(OP(=O)(O)O)c2ccccc2CN(C)C/C=C/c2ccc(Cl)cc2)cc1. The van der Waals surface area contributed by atoms with Gasteiger partial charge in [0.15, 0.2) is 0 Å². The fraction of sp³-hybridized carbons (Fsp3) is 0.167. The Balaban J connectivity index is 1.88. The molecule has 0 aliphatic heterocycles. The third kappa shape index (κ3) is 7.65. The van der Waals surface area contributed by atoms with Gasteiger partial charge in [0.05, 0.1) is 17.7 Å². The Bertz CT molecular complexity index is 1340. The fourth-order valence-corrected chi connectivity index (χ4v) is 5.41. The third-order valence-electron chi connectivity index (χ3n) is 4.98. The zero-order valence-electron chi connectivity index (χ0n) is 19.6. The summed E-state index contributed by atoms with van der Waals surface area (Å²) in [6, 6.07) is 19.1. The van der Waals surface area contributed by atoms with Crippen molar-refractivity contribution >= 4 is 41.2 Å². The lowest BCUT2D eigenvalue weighted by molar-refractivity contribution is 0.206. The van der Waals surface area contributed by atoms with Gasteiger partial charge in [0.25, 0.3) is 10.0 Å². The summed E-state index contributed by atoms with van der Waals surface area (Å²) >= 11 is 5.91. The Kier molecular flexibility index (Phi) is 9.32. The molecule has 192 valence electrons. The van der Waals surface area contributed by atoms with Crippen molar-refractivity contribution in [1.29, 1.82) is 0 Å². The quantitative estimate of drug-likeness (QED) is 0.259. The minimum atomic E-state index is -5.24. The molecule has 12 heteroatoms. The minimum absolute atomic E-state index is 0.0230. The van der Waals surface area contributed by atoms with Gasteiger partial charge in [-0.2, -0.15) is 13.0 Å². The molecule has 0 fully saturated rings. The van der Waals surface area contributed by atoms with Gasteiger partial charge >= 0.3 is 7.82 Å². The number of benzene rings is 3. The molecule has 0 amide bonds. The van der Waals surface area contributed by atoms with Crippen LogP contribution in [-0.2, 0) is 25.8 Å². The van der Waals surface area contributed by atoms with Crippen LogP contribution in [0.3, 0.4) is 0 Å². The molecule has 0 aromatic heterocycles. The Hall–Kier alpha value is -2.69. The standard InChI is InChI=1S/C24H26ClN2O7PS/c1-26(17-5-6-19-9-11-21(25)12-10-19)18-20-7-3-4-8-24(20)27(34-35(28,29)30)36(31,32)23-15-13-22(33-2)14-16-23/h3-16H,17-18H2,1-2H3,(H2,28,29,30)/b6-5+. The summed E-state index contributed by atoms with van der Waals surface area (Å²) in [5, 5.41) is 0.646. The molecular weight excluding hydrogens is 527 g/mol. The summed E-state index contributed by atoms with van der Waals surface area (Å²) in [4.78, 5) is 20.7. The number of halogens is 1. The highest BCUT2D eigenvalue weighted by Gasteiger charge is 2.34. The number of hydrogen-bond donors (Lipinski definition) is 2. The summed E-state index contributed by atoms with van der Waals surface area (Å²) < 4.78 is 48.6. The molecule has 0 heterocycles. The maximum absolute atomic E-state index is 13.4. The number of sulfonamides is 1. The lowest BCUT2D eigenvalue weighted by atomic mass is 10.1.